The van der Waals surface area contributed by atoms with Gasteiger partial charge >= 0.3 is 0 Å². The van der Waals surface area contributed by atoms with Crippen LogP contribution >= 0.6 is 15.9 Å². The van der Waals surface area contributed by atoms with Gasteiger partial charge in [-0.2, -0.15) is 0 Å². The van der Waals surface area contributed by atoms with E-state index >= 15 is 0 Å². The van der Waals surface area contributed by atoms with Gasteiger partial charge in [-0.1, -0.05) is 0 Å². The van der Waals surface area contributed by atoms with Crippen molar-refractivity contribution in [2.45, 2.75) is 13.0 Å². The standard InChI is InChI=1S/C14H14BrN3O/c1-10(11-5-8-16-9-6-11)18(2)14(19)13-12(15)4-3-7-17-13/h3-10H,1-2H3. The zero-order valence-electron chi connectivity index (χ0n) is 10.7. The average Bonchev–Trinajstić information content (AvgIpc) is 2.46. The normalized spacial score (nSPS) is 11.9. The fourth-order valence-corrected chi connectivity index (χ4v) is 2.18. The zero-order chi connectivity index (χ0) is 13.8. The summed E-state index contributed by atoms with van der Waals surface area (Å²) in [5.41, 5.74) is 1.46. The summed E-state index contributed by atoms with van der Waals surface area (Å²) in [6.45, 7) is 1.98. The Balaban J connectivity index is 2.23. The van der Waals surface area contributed by atoms with Gasteiger partial charge in [0.25, 0.3) is 5.91 Å². The maximum absolute atomic E-state index is 12.4. The fourth-order valence-electron chi connectivity index (χ4n) is 1.75. The Hall–Kier alpha value is -1.75. The Morgan fingerprint density at radius 2 is 1.95 bits per heavy atom. The minimum Gasteiger partial charge on any atom is -0.334 e. The third-order valence-corrected chi connectivity index (χ3v) is 3.69. The molecule has 4 nitrogen and oxygen atoms in total. The second-order valence-corrected chi connectivity index (χ2v) is 5.06. The van der Waals surface area contributed by atoms with E-state index in [1.807, 2.05) is 25.1 Å². The molecule has 1 unspecified atom stereocenters. The molecule has 2 heterocycles. The first-order valence-electron chi connectivity index (χ1n) is 5.89. The first-order valence-corrected chi connectivity index (χ1v) is 6.68. The van der Waals surface area contributed by atoms with E-state index in [0.717, 1.165) is 5.56 Å². The highest BCUT2D eigenvalue weighted by atomic mass is 79.9. The predicted octanol–water partition coefficient (Wildman–Crippen LogP) is 3.07. The van der Waals surface area contributed by atoms with E-state index < -0.39 is 0 Å². The minimum atomic E-state index is -0.114. The van der Waals surface area contributed by atoms with Crippen molar-refractivity contribution in [1.82, 2.24) is 14.9 Å². The Morgan fingerprint density at radius 3 is 2.58 bits per heavy atom. The smallest absolute Gasteiger partial charge is 0.273 e. The van der Waals surface area contributed by atoms with Crippen LogP contribution in [-0.4, -0.2) is 27.8 Å². The molecule has 1 atom stereocenters. The molecule has 1 amide bonds. The van der Waals surface area contributed by atoms with E-state index in [1.54, 1.807) is 36.6 Å². The van der Waals surface area contributed by atoms with Crippen molar-refractivity contribution in [2.24, 2.45) is 0 Å². The Morgan fingerprint density at radius 1 is 1.26 bits per heavy atom. The van der Waals surface area contributed by atoms with Crippen LogP contribution in [0.4, 0.5) is 0 Å². The van der Waals surface area contributed by atoms with Gasteiger partial charge in [-0.25, -0.2) is 4.98 Å². The van der Waals surface area contributed by atoms with Crippen molar-refractivity contribution >= 4 is 21.8 Å². The van der Waals surface area contributed by atoms with E-state index in [-0.39, 0.29) is 11.9 Å². The van der Waals surface area contributed by atoms with Gasteiger partial charge < -0.3 is 4.90 Å². The third kappa shape index (κ3) is 2.98. The Labute approximate surface area is 120 Å². The van der Waals surface area contributed by atoms with Gasteiger partial charge in [0.05, 0.1) is 6.04 Å². The number of aromatic nitrogens is 2. The van der Waals surface area contributed by atoms with Gasteiger partial charge in [0.1, 0.15) is 5.69 Å². The van der Waals surface area contributed by atoms with E-state index in [1.165, 1.54) is 0 Å². The summed E-state index contributed by atoms with van der Waals surface area (Å²) in [7, 11) is 1.77. The number of rotatable bonds is 3. The number of nitrogens with zero attached hydrogens (tertiary/aromatic N) is 3. The number of halogens is 1. The van der Waals surface area contributed by atoms with Crippen molar-refractivity contribution in [3.63, 3.8) is 0 Å². The lowest BCUT2D eigenvalue weighted by molar-refractivity contribution is 0.0735. The van der Waals surface area contributed by atoms with E-state index in [0.29, 0.717) is 10.2 Å². The summed E-state index contributed by atoms with van der Waals surface area (Å²) < 4.78 is 0.703. The summed E-state index contributed by atoms with van der Waals surface area (Å²) in [5, 5.41) is 0. The summed E-state index contributed by atoms with van der Waals surface area (Å²) in [6, 6.07) is 7.37. The van der Waals surface area contributed by atoms with Crippen LogP contribution in [-0.2, 0) is 0 Å². The van der Waals surface area contributed by atoms with Gasteiger partial charge in [-0.15, -0.1) is 0 Å². The maximum atomic E-state index is 12.4. The molecular weight excluding hydrogens is 306 g/mol. The van der Waals surface area contributed by atoms with Gasteiger partial charge in [0.2, 0.25) is 0 Å². The van der Waals surface area contributed by atoms with Crippen LogP contribution in [0, 0.1) is 0 Å². The lowest BCUT2D eigenvalue weighted by atomic mass is 10.1. The summed E-state index contributed by atoms with van der Waals surface area (Å²) in [4.78, 5) is 22.2. The monoisotopic (exact) mass is 319 g/mol. The molecule has 0 radical (unpaired) electrons. The number of hydrogen-bond donors (Lipinski definition) is 0. The predicted molar refractivity (Wildman–Crippen MR) is 76.7 cm³/mol. The van der Waals surface area contributed by atoms with Crippen LogP contribution in [0.1, 0.15) is 29.0 Å². The molecule has 2 rings (SSSR count). The molecule has 0 aliphatic heterocycles. The second kappa shape index (κ2) is 5.93. The van der Waals surface area contributed by atoms with Gasteiger partial charge in [-0.3, -0.25) is 9.78 Å². The van der Waals surface area contributed by atoms with Gasteiger partial charge in [0, 0.05) is 30.1 Å². The van der Waals surface area contributed by atoms with Crippen LogP contribution in [0.15, 0.2) is 47.3 Å². The van der Waals surface area contributed by atoms with Crippen molar-refractivity contribution in [3.05, 3.63) is 58.6 Å². The number of amides is 1. The molecular formula is C14H14BrN3O. The number of hydrogen-bond acceptors (Lipinski definition) is 3. The summed E-state index contributed by atoms with van der Waals surface area (Å²) in [6.07, 6.45) is 5.06. The highest BCUT2D eigenvalue weighted by Crippen LogP contribution is 2.22. The number of carbonyl (C=O) groups excluding carboxylic acids is 1. The van der Waals surface area contributed by atoms with Crippen molar-refractivity contribution in [1.29, 1.82) is 0 Å². The summed E-state index contributed by atoms with van der Waals surface area (Å²) in [5.74, 6) is -0.114. The molecule has 2 aromatic heterocycles. The third-order valence-electron chi connectivity index (χ3n) is 3.05. The van der Waals surface area contributed by atoms with E-state index in [4.69, 9.17) is 0 Å². The molecule has 0 aromatic carbocycles. The lowest BCUT2D eigenvalue weighted by Gasteiger charge is -2.25. The fraction of sp³-hybridized carbons (Fsp3) is 0.214. The summed E-state index contributed by atoms with van der Waals surface area (Å²) >= 11 is 3.35. The number of carbonyl (C=O) groups is 1. The molecule has 0 saturated heterocycles. The van der Waals surface area contributed by atoms with Gasteiger partial charge in [0.15, 0.2) is 0 Å². The van der Waals surface area contributed by atoms with Crippen molar-refractivity contribution < 1.29 is 4.79 Å². The molecule has 0 aliphatic carbocycles. The van der Waals surface area contributed by atoms with Crippen LogP contribution < -0.4 is 0 Å². The first-order chi connectivity index (χ1) is 9.11. The second-order valence-electron chi connectivity index (χ2n) is 4.21. The molecule has 2 aromatic rings. The first kappa shape index (κ1) is 13.7. The minimum absolute atomic E-state index is 0.0376. The molecule has 0 N–H and O–H groups in total. The van der Waals surface area contributed by atoms with E-state index in [2.05, 4.69) is 25.9 Å². The molecule has 98 valence electrons. The SMILES string of the molecule is CC(c1ccncc1)N(C)C(=O)c1ncccc1Br. The quantitative estimate of drug-likeness (QED) is 0.873. The van der Waals surface area contributed by atoms with Gasteiger partial charge in [-0.05, 0) is 52.7 Å². The van der Waals surface area contributed by atoms with E-state index in [9.17, 15) is 4.79 Å². The molecule has 0 aliphatic rings. The van der Waals surface area contributed by atoms with Crippen molar-refractivity contribution in [2.75, 3.05) is 7.05 Å². The molecule has 0 saturated carbocycles. The Kier molecular flexibility index (Phi) is 4.27. The molecule has 0 bridgehead atoms. The largest absolute Gasteiger partial charge is 0.334 e. The molecule has 5 heteroatoms. The Bertz CT molecular complexity index is 574. The van der Waals surface area contributed by atoms with Crippen molar-refractivity contribution in [3.8, 4) is 0 Å². The van der Waals surface area contributed by atoms with Crippen LogP contribution in [0.25, 0.3) is 0 Å². The number of pyridine rings is 2. The molecule has 0 fully saturated rings. The molecule has 19 heavy (non-hydrogen) atoms. The van der Waals surface area contributed by atoms with Crippen LogP contribution in [0.2, 0.25) is 0 Å². The zero-order valence-corrected chi connectivity index (χ0v) is 12.3. The van der Waals surface area contributed by atoms with Crippen LogP contribution in [0.3, 0.4) is 0 Å². The maximum Gasteiger partial charge on any atom is 0.273 e. The highest BCUT2D eigenvalue weighted by molar-refractivity contribution is 9.10. The molecule has 0 spiro atoms. The lowest BCUT2D eigenvalue weighted by Crippen LogP contribution is -2.30. The average molecular weight is 320 g/mol. The highest BCUT2D eigenvalue weighted by Gasteiger charge is 2.21. The van der Waals surface area contributed by atoms with Crippen LogP contribution in [0.5, 0.6) is 0 Å². The topological polar surface area (TPSA) is 46.1 Å².